The van der Waals surface area contributed by atoms with Gasteiger partial charge in [0.15, 0.2) is 47.6 Å². The topological polar surface area (TPSA) is 685 Å². The standard InChI is InChI=1S/2C33H45N8O16P3S/c1-17-10-25(43)53-22-12-21-19(11-20(17)22)18(2)13-33(3,4)41(21)9-5-6-24(42)35-7-8-36-32(45)55-28-23(14-52-58(46,47)56-59(48,49)57-60(50,51)61)54-31(27(28)44)40-16-39-26-29(34)37-15-38-30(26)40;1-17-10-25(43)53-22-12-21-19(11-20(17)22)18(2)13-33(3,4)41(21)9-5-6-24(42)35-7-8-36-32(45)55-28-27(44)23(14-52-58(46,47)56-59(48,49)57-60(50,51)61)54-31(28)40-16-39-26-29(34)37-15-38-30(26)40/h2*10-12,15-16,18,23,27-28,31,44H,5-9,13-14H2,1-4H3,(H,35,42)(H,36,45)(H,46,47)(H,48,49)(H2,34,37,38)(H2,50,51,61)/t2*18?,23-,27-,28-,31-/m11/s1. The molecule has 668 valence electrons. The van der Waals surface area contributed by atoms with E-state index in [1.54, 1.807) is 0 Å². The number of ether oxygens (including phenoxy) is 4. The second-order valence-corrected chi connectivity index (χ2v) is 41.7. The normalized spacial score (nSPS) is 23.3. The molecule has 6 unspecified atom stereocenters. The van der Waals surface area contributed by atoms with Crippen molar-refractivity contribution in [3.8, 4) is 0 Å². The lowest BCUT2D eigenvalue weighted by molar-refractivity contribution is -0.121. The van der Waals surface area contributed by atoms with Gasteiger partial charge in [-0.05, 0) is 137 Å². The summed E-state index contributed by atoms with van der Waals surface area (Å²) in [4.78, 5) is 180. The minimum atomic E-state index is -5.66. The van der Waals surface area contributed by atoms with Crippen molar-refractivity contribution in [3.05, 3.63) is 105 Å². The number of phosphoric acid groups is 4. The number of amides is 4. The maximum atomic E-state index is 13.0. The van der Waals surface area contributed by atoms with E-state index < -0.39 is 130 Å². The number of aryl methyl sites for hydroxylation is 2. The number of aromatic nitrogens is 8. The molecule has 0 spiro atoms. The number of carbonyl (C=O) groups is 4. The summed E-state index contributed by atoms with van der Waals surface area (Å²) in [7, 11) is -22.4. The Morgan fingerprint density at radius 2 is 0.926 bits per heavy atom. The van der Waals surface area contributed by atoms with E-state index in [2.05, 4.69) is 156 Å². The largest absolute Gasteiger partial charge is 0.488 e. The van der Waals surface area contributed by atoms with Crippen LogP contribution in [0.25, 0.3) is 44.3 Å². The Balaban J connectivity index is 0.000000238. The number of nitrogen functional groups attached to an aromatic ring is 2. The fourth-order valence-corrected chi connectivity index (χ4v) is 22.5. The molecule has 0 aliphatic carbocycles. The zero-order valence-electron chi connectivity index (χ0n) is 66.0. The number of imidazole rings is 2. The van der Waals surface area contributed by atoms with Crippen molar-refractivity contribution in [2.24, 2.45) is 0 Å². The van der Waals surface area contributed by atoms with E-state index in [0.717, 1.165) is 69.9 Å². The predicted octanol–water partition coefficient (Wildman–Crippen LogP) is 4.65. The van der Waals surface area contributed by atoms with Gasteiger partial charge in [0.1, 0.15) is 59.3 Å². The summed E-state index contributed by atoms with van der Waals surface area (Å²) in [6.45, 7) is 5.70. The maximum Gasteiger partial charge on any atom is 0.488 e. The van der Waals surface area contributed by atoms with E-state index in [9.17, 15) is 76.8 Å². The summed E-state index contributed by atoms with van der Waals surface area (Å²) >= 11 is 8.15. The molecule has 0 bridgehead atoms. The van der Waals surface area contributed by atoms with Gasteiger partial charge in [-0.1, -0.05) is 13.8 Å². The van der Waals surface area contributed by atoms with E-state index >= 15 is 0 Å². The summed E-state index contributed by atoms with van der Waals surface area (Å²) in [5.41, 5.74) is 17.6. The highest BCUT2D eigenvalue weighted by Crippen LogP contribution is 2.68. The van der Waals surface area contributed by atoms with Crippen molar-refractivity contribution in [2.45, 2.75) is 166 Å². The molecule has 12 rings (SSSR count). The first kappa shape index (κ1) is 94.8. The summed E-state index contributed by atoms with van der Waals surface area (Å²) in [6, 6.07) is 10.9. The van der Waals surface area contributed by atoms with Gasteiger partial charge in [-0.3, -0.25) is 27.8 Å². The number of fused-ring (bicyclic) bond motifs is 6. The quantitative estimate of drug-likeness (QED) is 0.0155. The van der Waals surface area contributed by atoms with Crippen LogP contribution in [0.5, 0.6) is 0 Å². The smallest absolute Gasteiger partial charge is 0.440 e. The highest BCUT2D eigenvalue weighted by atomic mass is 32.5. The average Bonchev–Trinajstić information content (AvgIpc) is 1.19. The number of carbonyl (C=O) groups excluding carboxylic acids is 4. The van der Waals surface area contributed by atoms with Crippen LogP contribution >= 0.6 is 44.7 Å². The molecule has 10 heterocycles. The van der Waals surface area contributed by atoms with Gasteiger partial charge in [-0.25, -0.2) is 76.0 Å². The molecule has 4 amide bonds. The van der Waals surface area contributed by atoms with Crippen LogP contribution in [-0.2, 0) is 96.7 Å². The van der Waals surface area contributed by atoms with Crippen LogP contribution in [0.4, 0.5) is 32.6 Å². The first-order valence-electron chi connectivity index (χ1n) is 37.1. The Bertz CT molecular complexity index is 5720. The molecule has 0 saturated carbocycles. The third kappa shape index (κ3) is 23.6. The molecule has 122 heavy (non-hydrogen) atoms. The van der Waals surface area contributed by atoms with Gasteiger partial charge in [0.05, 0.1) is 25.9 Å². The molecule has 18 N–H and O–H groups in total. The zero-order chi connectivity index (χ0) is 89.3. The number of hydrogen-bond acceptors (Lipinski definition) is 36. The number of aliphatic hydroxyl groups excluding tert-OH is 2. The molecule has 48 nitrogen and oxygen atoms in total. The number of rotatable bonds is 32. The van der Waals surface area contributed by atoms with Crippen molar-refractivity contribution in [1.29, 1.82) is 0 Å². The monoisotopic (exact) mass is 1870 g/mol. The first-order chi connectivity index (χ1) is 56.9. The Labute approximate surface area is 701 Å². The molecule has 6 aromatic heterocycles. The van der Waals surface area contributed by atoms with E-state index in [-0.39, 0.29) is 108 Å². The molecule has 14 atom stereocenters. The van der Waals surface area contributed by atoms with Crippen LogP contribution in [-0.4, -0.2) is 213 Å². The molecular formula is C66H90N16O32P6S2. The summed E-state index contributed by atoms with van der Waals surface area (Å²) in [5.74, 6) is -0.0897. The number of nitrogens with two attached hydrogens (primary N) is 2. The van der Waals surface area contributed by atoms with Crippen molar-refractivity contribution >= 4 is 160 Å². The molecular weight excluding hydrogens is 1780 g/mol. The number of hydrogen-bond donors (Lipinski definition) is 16. The lowest BCUT2D eigenvalue weighted by Crippen LogP contribution is -2.49. The molecule has 2 aromatic carbocycles. The maximum absolute atomic E-state index is 13.0. The average molecular weight is 1870 g/mol. The number of benzene rings is 2. The Hall–Kier alpha value is -7.86. The summed E-state index contributed by atoms with van der Waals surface area (Å²) in [6.07, 6.45) is -7.29. The van der Waals surface area contributed by atoms with E-state index in [1.807, 2.05) is 26.0 Å². The second-order valence-electron chi connectivity index (χ2n) is 30.0. The highest BCUT2D eigenvalue weighted by molar-refractivity contribution is 8.08. The zero-order valence-corrected chi connectivity index (χ0v) is 73.0. The Morgan fingerprint density at radius 1 is 0.533 bits per heavy atom. The lowest BCUT2D eigenvalue weighted by Gasteiger charge is -2.47. The van der Waals surface area contributed by atoms with Crippen LogP contribution in [0.2, 0.25) is 0 Å². The fraction of sp³-hybridized carbons (Fsp3) is 0.515. The SMILES string of the molecule is Cc1cc(=O)oc2cc3c(cc12)C(C)CC(C)(C)N3CCCC(=O)NCCNC(=O)O[C@@H]1[C@H](O)[C@@H](COP(=O)(O)OP(=O)(O)OP(O)(O)=S)O[C@H]1n1cnc2c(N)ncnc21.Cc1cc(=O)oc2cc3c(cc12)C(C)CC(C)(C)N3CCCC(=O)NCCNC(=O)O[C@H]1[C@@H](O)[C@H](n2cnc3c(N)ncnc32)O[C@@H]1COP(=O)(O)OP(=O)(O)OP(O)(O)=S. The second kappa shape index (κ2) is 37.7. The summed E-state index contributed by atoms with van der Waals surface area (Å²) in [5, 5.41) is 34.6. The minimum Gasteiger partial charge on any atom is -0.440 e. The van der Waals surface area contributed by atoms with Crippen molar-refractivity contribution in [2.75, 3.05) is 73.7 Å². The van der Waals surface area contributed by atoms with E-state index in [1.165, 1.54) is 33.9 Å². The summed E-state index contributed by atoms with van der Waals surface area (Å²) < 4.78 is 110. The van der Waals surface area contributed by atoms with Crippen molar-refractivity contribution in [1.82, 2.24) is 60.3 Å². The molecule has 2 fully saturated rings. The van der Waals surface area contributed by atoms with Gasteiger partial charge in [0.2, 0.25) is 11.8 Å². The number of aliphatic hydroxyl groups is 2. The molecule has 8 aromatic rings. The molecule has 56 heteroatoms. The number of nitrogens with one attached hydrogen (secondary N) is 4. The van der Waals surface area contributed by atoms with Gasteiger partial charge in [0.25, 0.3) is 0 Å². The van der Waals surface area contributed by atoms with Crippen LogP contribution in [0.1, 0.15) is 127 Å². The van der Waals surface area contributed by atoms with E-state index in [4.69, 9.17) is 67.9 Å². The third-order valence-electron chi connectivity index (χ3n) is 20.0. The highest BCUT2D eigenvalue weighted by Gasteiger charge is 2.52. The molecule has 2 saturated heterocycles. The van der Waals surface area contributed by atoms with Crippen LogP contribution in [0, 0.1) is 13.8 Å². The van der Waals surface area contributed by atoms with Gasteiger partial charge in [0, 0.05) is 110 Å². The Kier molecular flexibility index (Phi) is 29.3. The number of alkyl carbamates (subject to hydrolysis) is 2. The number of phosphoric ester groups is 2. The fourth-order valence-electron chi connectivity index (χ4n) is 15.0. The van der Waals surface area contributed by atoms with Crippen molar-refractivity contribution < 1.29 is 141 Å². The molecule has 4 aliphatic rings. The third-order valence-corrected chi connectivity index (χ3v) is 28.8. The number of anilines is 4. The lowest BCUT2D eigenvalue weighted by atomic mass is 9.79. The molecule has 4 aliphatic heterocycles. The minimum absolute atomic E-state index is 0.00514. The van der Waals surface area contributed by atoms with Gasteiger partial charge in [-0.15, -0.1) is 0 Å². The van der Waals surface area contributed by atoms with Gasteiger partial charge in [-0.2, -0.15) is 8.62 Å². The van der Waals surface area contributed by atoms with Gasteiger partial charge >= 0.3 is 68.2 Å². The van der Waals surface area contributed by atoms with Crippen molar-refractivity contribution in [3.63, 3.8) is 0 Å². The first-order valence-corrected chi connectivity index (χ1v) is 48.3. The Morgan fingerprint density at radius 3 is 1.35 bits per heavy atom. The van der Waals surface area contributed by atoms with Gasteiger partial charge < -0.3 is 120 Å². The van der Waals surface area contributed by atoms with Crippen LogP contribution < -0.4 is 53.8 Å². The van der Waals surface area contributed by atoms with Crippen LogP contribution in [0.3, 0.4) is 0 Å². The van der Waals surface area contributed by atoms with Crippen LogP contribution in [0.15, 0.2) is 80.1 Å². The number of nitrogens with zero attached hydrogens (tertiary/aromatic N) is 10. The van der Waals surface area contributed by atoms with E-state index in [0.29, 0.717) is 37.1 Å². The predicted molar refractivity (Wildman–Crippen MR) is 437 cm³/mol. The molecule has 0 radical (unpaired) electrons.